The Kier molecular flexibility index (Phi) is 4.21. The predicted octanol–water partition coefficient (Wildman–Crippen LogP) is 0.637. The number of hydrogen-bond acceptors (Lipinski definition) is 6. The lowest BCUT2D eigenvalue weighted by Crippen LogP contribution is -2.08. The molecule has 0 atom stereocenters. The molecular formula is C11H12N2O4. The molecule has 0 saturated carbocycles. The van der Waals surface area contributed by atoms with Crippen molar-refractivity contribution in [2.75, 3.05) is 20.0 Å². The van der Waals surface area contributed by atoms with Gasteiger partial charge in [0.15, 0.2) is 5.69 Å². The van der Waals surface area contributed by atoms with Gasteiger partial charge in [0.05, 0.1) is 14.2 Å². The van der Waals surface area contributed by atoms with Crippen LogP contribution in [0, 0.1) is 0 Å². The molecule has 0 fully saturated rings. The highest BCUT2D eigenvalue weighted by molar-refractivity contribution is 5.94. The van der Waals surface area contributed by atoms with Crippen LogP contribution in [0.2, 0.25) is 0 Å². The van der Waals surface area contributed by atoms with Gasteiger partial charge in [0, 0.05) is 11.6 Å². The Balaban J connectivity index is 3.10. The van der Waals surface area contributed by atoms with Crippen LogP contribution in [0.4, 0.5) is 5.82 Å². The Morgan fingerprint density at radius 2 is 2.00 bits per heavy atom. The van der Waals surface area contributed by atoms with E-state index in [0.29, 0.717) is 5.56 Å². The number of ether oxygens (including phenoxy) is 2. The molecule has 0 aliphatic rings. The van der Waals surface area contributed by atoms with Crippen LogP contribution in [0.15, 0.2) is 18.2 Å². The number of nitrogen functional groups attached to an aromatic ring is 1. The first-order chi connectivity index (χ1) is 8.08. The third-order valence-corrected chi connectivity index (χ3v) is 1.93. The summed E-state index contributed by atoms with van der Waals surface area (Å²) in [6.07, 6.45) is 2.59. The monoisotopic (exact) mass is 236 g/mol. The van der Waals surface area contributed by atoms with Gasteiger partial charge in [-0.2, -0.15) is 0 Å². The van der Waals surface area contributed by atoms with E-state index in [1.165, 1.54) is 32.4 Å². The van der Waals surface area contributed by atoms with Crippen LogP contribution in [-0.2, 0) is 14.3 Å². The lowest BCUT2D eigenvalue weighted by Gasteiger charge is -2.03. The van der Waals surface area contributed by atoms with Crippen molar-refractivity contribution in [1.29, 1.82) is 0 Å². The Bertz CT molecular complexity index is 469. The molecule has 0 amide bonds. The Labute approximate surface area is 98.0 Å². The average Bonchev–Trinajstić information content (AvgIpc) is 2.35. The van der Waals surface area contributed by atoms with E-state index in [4.69, 9.17) is 5.73 Å². The molecule has 1 aromatic rings. The zero-order valence-corrected chi connectivity index (χ0v) is 9.47. The minimum absolute atomic E-state index is 0.0488. The maximum absolute atomic E-state index is 11.4. The molecule has 17 heavy (non-hydrogen) atoms. The van der Waals surface area contributed by atoms with Gasteiger partial charge in [0.1, 0.15) is 5.82 Å². The van der Waals surface area contributed by atoms with Crippen molar-refractivity contribution < 1.29 is 19.1 Å². The van der Waals surface area contributed by atoms with Gasteiger partial charge in [-0.15, -0.1) is 0 Å². The van der Waals surface area contributed by atoms with Crippen LogP contribution in [0.1, 0.15) is 16.1 Å². The van der Waals surface area contributed by atoms with E-state index in [0.717, 1.165) is 0 Å². The molecule has 90 valence electrons. The lowest BCUT2D eigenvalue weighted by molar-refractivity contribution is -0.134. The summed E-state index contributed by atoms with van der Waals surface area (Å²) in [7, 11) is 2.50. The third kappa shape index (κ3) is 3.30. The highest BCUT2D eigenvalue weighted by atomic mass is 16.5. The van der Waals surface area contributed by atoms with Crippen LogP contribution in [0.3, 0.4) is 0 Å². The van der Waals surface area contributed by atoms with Crippen molar-refractivity contribution in [3.63, 3.8) is 0 Å². The number of aromatic nitrogens is 1. The van der Waals surface area contributed by atoms with Crippen molar-refractivity contribution in [1.82, 2.24) is 4.98 Å². The second-order valence-corrected chi connectivity index (χ2v) is 3.02. The zero-order chi connectivity index (χ0) is 12.8. The molecule has 0 radical (unpaired) electrons. The Morgan fingerprint density at radius 1 is 1.29 bits per heavy atom. The summed E-state index contributed by atoms with van der Waals surface area (Å²) in [4.78, 5) is 26.2. The third-order valence-electron chi connectivity index (χ3n) is 1.93. The van der Waals surface area contributed by atoms with Gasteiger partial charge in [-0.1, -0.05) is 0 Å². The van der Waals surface area contributed by atoms with Gasteiger partial charge in [-0.3, -0.25) is 0 Å². The van der Waals surface area contributed by atoms with Crippen molar-refractivity contribution in [3.05, 3.63) is 29.5 Å². The number of pyridine rings is 1. The maximum atomic E-state index is 11.4. The molecule has 0 unspecified atom stereocenters. The number of rotatable bonds is 3. The minimum atomic E-state index is -0.623. The zero-order valence-electron chi connectivity index (χ0n) is 9.47. The quantitative estimate of drug-likeness (QED) is 0.611. The van der Waals surface area contributed by atoms with Crippen LogP contribution >= 0.6 is 0 Å². The SMILES string of the molecule is COC(=O)C=Cc1ccc(N)nc1C(=O)OC. The molecule has 0 aromatic carbocycles. The van der Waals surface area contributed by atoms with E-state index in [2.05, 4.69) is 14.5 Å². The van der Waals surface area contributed by atoms with Crippen molar-refractivity contribution >= 4 is 23.8 Å². The number of carbonyl (C=O) groups excluding carboxylic acids is 2. The number of methoxy groups -OCH3 is 2. The summed E-state index contributed by atoms with van der Waals surface area (Å²) in [6, 6.07) is 3.08. The van der Waals surface area contributed by atoms with Crippen LogP contribution in [-0.4, -0.2) is 31.1 Å². The van der Waals surface area contributed by atoms with Gasteiger partial charge in [-0.25, -0.2) is 14.6 Å². The lowest BCUT2D eigenvalue weighted by atomic mass is 10.1. The second-order valence-electron chi connectivity index (χ2n) is 3.02. The van der Waals surface area contributed by atoms with E-state index in [-0.39, 0.29) is 11.5 Å². The fourth-order valence-corrected chi connectivity index (χ4v) is 1.11. The van der Waals surface area contributed by atoms with E-state index in [9.17, 15) is 9.59 Å². The summed E-state index contributed by atoms with van der Waals surface area (Å²) >= 11 is 0. The summed E-state index contributed by atoms with van der Waals surface area (Å²) in [5.74, 6) is -0.958. The predicted molar refractivity (Wildman–Crippen MR) is 61.0 cm³/mol. The maximum Gasteiger partial charge on any atom is 0.357 e. The molecule has 1 rings (SSSR count). The summed E-state index contributed by atoms with van der Waals surface area (Å²) in [6.45, 7) is 0. The Hall–Kier alpha value is -2.37. The molecule has 6 heteroatoms. The van der Waals surface area contributed by atoms with Gasteiger partial charge in [-0.05, 0) is 18.2 Å². The molecule has 2 N–H and O–H groups in total. The molecular weight excluding hydrogens is 224 g/mol. The molecule has 0 spiro atoms. The molecule has 1 aromatic heterocycles. The summed E-state index contributed by atoms with van der Waals surface area (Å²) in [5, 5.41) is 0. The van der Waals surface area contributed by atoms with E-state index in [1.54, 1.807) is 6.07 Å². The first-order valence-corrected chi connectivity index (χ1v) is 4.69. The topological polar surface area (TPSA) is 91.5 Å². The normalized spacial score (nSPS) is 10.2. The van der Waals surface area contributed by atoms with Crippen molar-refractivity contribution in [2.45, 2.75) is 0 Å². The number of esters is 2. The van der Waals surface area contributed by atoms with Gasteiger partial charge in [0.2, 0.25) is 0 Å². The highest BCUT2D eigenvalue weighted by Crippen LogP contribution is 2.12. The first kappa shape index (κ1) is 12.7. The van der Waals surface area contributed by atoms with Crippen LogP contribution in [0.5, 0.6) is 0 Å². The largest absolute Gasteiger partial charge is 0.466 e. The number of nitrogens with zero attached hydrogens (tertiary/aromatic N) is 1. The number of nitrogens with two attached hydrogens (primary N) is 1. The fourth-order valence-electron chi connectivity index (χ4n) is 1.11. The molecule has 0 aliphatic carbocycles. The second kappa shape index (κ2) is 5.64. The number of hydrogen-bond donors (Lipinski definition) is 1. The number of anilines is 1. The van der Waals surface area contributed by atoms with Gasteiger partial charge >= 0.3 is 11.9 Å². The highest BCUT2D eigenvalue weighted by Gasteiger charge is 2.12. The Morgan fingerprint density at radius 3 is 2.59 bits per heavy atom. The minimum Gasteiger partial charge on any atom is -0.466 e. The number of carbonyl (C=O) groups is 2. The van der Waals surface area contributed by atoms with Crippen molar-refractivity contribution in [2.24, 2.45) is 0 Å². The van der Waals surface area contributed by atoms with Crippen LogP contribution < -0.4 is 5.73 Å². The van der Waals surface area contributed by atoms with Crippen LogP contribution in [0.25, 0.3) is 6.08 Å². The standard InChI is InChI=1S/C11H12N2O4/c1-16-9(14)6-4-7-3-5-8(12)13-10(7)11(15)17-2/h3-6H,1-2H3,(H2,12,13). The van der Waals surface area contributed by atoms with Crippen molar-refractivity contribution in [3.8, 4) is 0 Å². The van der Waals surface area contributed by atoms with E-state index >= 15 is 0 Å². The average molecular weight is 236 g/mol. The van der Waals surface area contributed by atoms with Gasteiger partial charge < -0.3 is 15.2 Å². The summed E-state index contributed by atoms with van der Waals surface area (Å²) in [5.41, 5.74) is 5.94. The van der Waals surface area contributed by atoms with Gasteiger partial charge in [0.25, 0.3) is 0 Å². The summed E-state index contributed by atoms with van der Waals surface area (Å²) < 4.78 is 8.99. The molecule has 0 bridgehead atoms. The fraction of sp³-hybridized carbons (Fsp3) is 0.182. The molecule has 6 nitrogen and oxygen atoms in total. The molecule has 0 aliphatic heterocycles. The molecule has 1 heterocycles. The van der Waals surface area contributed by atoms with E-state index in [1.807, 2.05) is 0 Å². The van der Waals surface area contributed by atoms with E-state index < -0.39 is 11.9 Å². The first-order valence-electron chi connectivity index (χ1n) is 4.69. The molecule has 0 saturated heterocycles. The smallest absolute Gasteiger partial charge is 0.357 e.